The first-order valence-corrected chi connectivity index (χ1v) is 8.11. The quantitative estimate of drug-likeness (QED) is 0.365. The van der Waals surface area contributed by atoms with Gasteiger partial charge in [0.15, 0.2) is 0 Å². The molecular formula is C11H5Cl4F3N2O3S. The second-order valence-electron chi connectivity index (χ2n) is 4.25. The van der Waals surface area contributed by atoms with Crippen LogP contribution in [0.1, 0.15) is 0 Å². The molecule has 0 aliphatic carbocycles. The minimum Gasteiger partial charge on any atom is -0.418 e. The van der Waals surface area contributed by atoms with E-state index in [1.807, 2.05) is 0 Å². The van der Waals surface area contributed by atoms with Crippen LogP contribution in [0, 0.1) is 0 Å². The molecule has 24 heavy (non-hydrogen) atoms. The number of urea groups is 1. The fraction of sp³-hybridized carbons (Fsp3) is 0.273. The zero-order valence-corrected chi connectivity index (χ0v) is 15.0. The van der Waals surface area contributed by atoms with Crippen molar-refractivity contribution in [3.05, 3.63) is 23.2 Å². The molecular weight excluding hydrogens is 439 g/mol. The molecule has 1 fully saturated rings. The summed E-state index contributed by atoms with van der Waals surface area (Å²) in [6, 6.07) is 2.22. The van der Waals surface area contributed by atoms with Crippen molar-refractivity contribution in [1.29, 1.82) is 0 Å². The van der Waals surface area contributed by atoms with Gasteiger partial charge in [0.05, 0.1) is 10.7 Å². The van der Waals surface area contributed by atoms with Gasteiger partial charge in [-0.15, -0.1) is 8.78 Å². The summed E-state index contributed by atoms with van der Waals surface area (Å²) in [5.74, 6) is -1.19. The Labute approximate surface area is 157 Å². The number of amides is 3. The summed E-state index contributed by atoms with van der Waals surface area (Å²) in [4.78, 5) is 24.7. The SMILES string of the molecule is O=C1CN(SC(F)(Cl)Cl)C(=O)N1c1ccc(OC(F)(F)Cl)c(Cl)c1. The van der Waals surface area contributed by atoms with E-state index in [1.54, 1.807) is 0 Å². The number of imide groups is 1. The molecule has 0 bridgehead atoms. The molecule has 0 unspecified atom stereocenters. The van der Waals surface area contributed by atoms with Gasteiger partial charge in [-0.1, -0.05) is 34.8 Å². The average Bonchev–Trinajstić information content (AvgIpc) is 2.63. The molecule has 1 saturated heterocycles. The lowest BCUT2D eigenvalue weighted by atomic mass is 10.3. The lowest BCUT2D eigenvalue weighted by molar-refractivity contribution is -0.116. The van der Waals surface area contributed by atoms with Crippen LogP contribution in [-0.2, 0) is 4.79 Å². The first-order valence-electron chi connectivity index (χ1n) is 5.83. The number of alkyl halides is 6. The predicted octanol–water partition coefficient (Wildman–Crippen LogP) is 4.98. The van der Waals surface area contributed by atoms with E-state index in [2.05, 4.69) is 16.3 Å². The maximum absolute atomic E-state index is 13.2. The number of benzene rings is 1. The summed E-state index contributed by atoms with van der Waals surface area (Å²) >= 11 is 20.8. The number of hydrogen-bond donors (Lipinski definition) is 0. The molecule has 1 heterocycles. The highest BCUT2D eigenvalue weighted by Crippen LogP contribution is 2.41. The van der Waals surface area contributed by atoms with Gasteiger partial charge in [-0.2, -0.15) is 4.39 Å². The number of halogens is 7. The smallest absolute Gasteiger partial charge is 0.418 e. The number of hydrogen-bond acceptors (Lipinski definition) is 4. The third kappa shape index (κ3) is 4.89. The topological polar surface area (TPSA) is 49.9 Å². The molecule has 0 atom stereocenters. The second-order valence-corrected chi connectivity index (χ2v) is 7.96. The first kappa shape index (κ1) is 19.6. The summed E-state index contributed by atoms with van der Waals surface area (Å²) < 4.78 is 40.4. The lowest BCUT2D eigenvalue weighted by Crippen LogP contribution is -2.31. The Morgan fingerprint density at radius 2 is 1.79 bits per heavy atom. The zero-order chi connectivity index (χ0) is 18.3. The molecule has 3 amide bonds. The zero-order valence-electron chi connectivity index (χ0n) is 11.1. The summed E-state index contributed by atoms with van der Waals surface area (Å²) in [5, 5.41) is -0.325. The van der Waals surface area contributed by atoms with Crippen molar-refractivity contribution >= 4 is 76.0 Å². The van der Waals surface area contributed by atoms with Gasteiger partial charge in [0.1, 0.15) is 12.3 Å². The Morgan fingerprint density at radius 3 is 2.29 bits per heavy atom. The third-order valence-corrected chi connectivity index (χ3v) is 4.05. The van der Waals surface area contributed by atoms with Crippen molar-refractivity contribution in [2.24, 2.45) is 0 Å². The van der Waals surface area contributed by atoms with Crippen LogP contribution in [0.15, 0.2) is 18.2 Å². The summed E-state index contributed by atoms with van der Waals surface area (Å²) in [7, 11) is 0. The van der Waals surface area contributed by atoms with Crippen LogP contribution in [-0.4, -0.2) is 32.3 Å². The summed E-state index contributed by atoms with van der Waals surface area (Å²) in [6.07, 6.45) is 0. The maximum atomic E-state index is 13.2. The van der Waals surface area contributed by atoms with Gasteiger partial charge in [0, 0.05) is 23.5 Å². The molecule has 0 aromatic heterocycles. The van der Waals surface area contributed by atoms with Crippen molar-refractivity contribution in [1.82, 2.24) is 4.31 Å². The van der Waals surface area contributed by atoms with E-state index < -0.39 is 33.7 Å². The van der Waals surface area contributed by atoms with E-state index >= 15 is 0 Å². The van der Waals surface area contributed by atoms with E-state index in [0.717, 1.165) is 18.2 Å². The summed E-state index contributed by atoms with van der Waals surface area (Å²) in [5.41, 5.74) is -4.03. The molecule has 1 aliphatic rings. The molecule has 1 aromatic rings. The van der Waals surface area contributed by atoms with Gasteiger partial charge < -0.3 is 4.74 Å². The predicted molar refractivity (Wildman–Crippen MR) is 85.6 cm³/mol. The number of carbonyl (C=O) groups excluding carboxylic acids is 2. The van der Waals surface area contributed by atoms with Gasteiger partial charge in [-0.3, -0.25) is 9.10 Å². The molecule has 0 spiro atoms. The molecule has 13 heteroatoms. The van der Waals surface area contributed by atoms with Gasteiger partial charge in [-0.25, -0.2) is 9.69 Å². The molecule has 0 N–H and O–H groups in total. The Morgan fingerprint density at radius 1 is 1.17 bits per heavy atom. The van der Waals surface area contributed by atoms with Crippen LogP contribution in [0.5, 0.6) is 5.75 Å². The lowest BCUT2D eigenvalue weighted by Gasteiger charge is -2.19. The molecule has 1 aliphatic heterocycles. The number of nitrogens with zero attached hydrogens (tertiary/aromatic N) is 2. The van der Waals surface area contributed by atoms with Crippen LogP contribution < -0.4 is 9.64 Å². The normalized spacial score (nSPS) is 16.1. The highest BCUT2D eigenvalue weighted by Gasteiger charge is 2.42. The minimum atomic E-state index is -3.98. The van der Waals surface area contributed by atoms with Crippen LogP contribution >= 0.6 is 58.4 Å². The highest BCUT2D eigenvalue weighted by molar-refractivity contribution is 8.01. The standard InChI is InChI=1S/C11H5Cl4F3N2O3S/c12-6-3-5(1-2-7(6)23-11(15,17)18)20-8(21)4-19(9(20)22)24-10(13,14)16/h1-3H,4H2. The second kappa shape index (κ2) is 6.87. The Hall–Kier alpha value is -0.740. The van der Waals surface area contributed by atoms with Gasteiger partial charge in [-0.05, 0) is 18.2 Å². The van der Waals surface area contributed by atoms with E-state index in [-0.39, 0.29) is 22.7 Å². The Kier molecular flexibility index (Phi) is 5.61. The Balaban J connectivity index is 2.24. The van der Waals surface area contributed by atoms with E-state index in [4.69, 9.17) is 34.8 Å². The fourth-order valence-corrected chi connectivity index (χ4v) is 3.15. The first-order chi connectivity index (χ1) is 10.9. The number of rotatable bonds is 5. The largest absolute Gasteiger partial charge is 0.487 e. The Bertz CT molecular complexity index is 683. The van der Waals surface area contributed by atoms with Crippen LogP contribution in [0.4, 0.5) is 23.7 Å². The van der Waals surface area contributed by atoms with Crippen molar-refractivity contribution in [3.63, 3.8) is 0 Å². The summed E-state index contributed by atoms with van der Waals surface area (Å²) in [6.45, 7) is -0.496. The van der Waals surface area contributed by atoms with Crippen molar-refractivity contribution < 1.29 is 27.5 Å². The third-order valence-electron chi connectivity index (χ3n) is 2.55. The molecule has 0 saturated carbocycles. The monoisotopic (exact) mass is 442 g/mol. The molecule has 1 aromatic carbocycles. The molecule has 2 rings (SSSR count). The van der Waals surface area contributed by atoms with Crippen LogP contribution in [0.25, 0.3) is 0 Å². The maximum Gasteiger partial charge on any atom is 0.487 e. The van der Waals surface area contributed by atoms with Crippen LogP contribution in [0.2, 0.25) is 5.02 Å². The van der Waals surface area contributed by atoms with Gasteiger partial charge in [0.2, 0.25) is 0 Å². The molecule has 5 nitrogen and oxygen atoms in total. The molecule has 132 valence electrons. The van der Waals surface area contributed by atoms with Crippen LogP contribution in [0.3, 0.4) is 0 Å². The number of ether oxygens (including phenoxy) is 1. The number of anilines is 1. The fourth-order valence-electron chi connectivity index (χ4n) is 1.77. The van der Waals surface area contributed by atoms with Crippen molar-refractivity contribution in [2.45, 2.75) is 9.49 Å². The molecule has 0 radical (unpaired) electrons. The van der Waals surface area contributed by atoms with E-state index in [9.17, 15) is 22.8 Å². The van der Waals surface area contributed by atoms with Crippen molar-refractivity contribution in [3.8, 4) is 5.75 Å². The van der Waals surface area contributed by atoms with Gasteiger partial charge >= 0.3 is 15.5 Å². The van der Waals surface area contributed by atoms with E-state index in [0.29, 0.717) is 9.21 Å². The van der Waals surface area contributed by atoms with Crippen molar-refractivity contribution in [2.75, 3.05) is 11.4 Å². The van der Waals surface area contributed by atoms with Gasteiger partial charge in [0.25, 0.3) is 5.91 Å². The number of carbonyl (C=O) groups is 2. The van der Waals surface area contributed by atoms with E-state index in [1.165, 1.54) is 0 Å². The average molecular weight is 444 g/mol. The minimum absolute atomic E-state index is 0.0445. The highest BCUT2D eigenvalue weighted by atomic mass is 35.5.